The van der Waals surface area contributed by atoms with Crippen LogP contribution in [0.25, 0.3) is 0 Å². The van der Waals surface area contributed by atoms with Gasteiger partial charge in [0, 0.05) is 6.04 Å². The van der Waals surface area contributed by atoms with Gasteiger partial charge in [-0.3, -0.25) is 0 Å². The van der Waals surface area contributed by atoms with Crippen molar-refractivity contribution >= 4 is 11.7 Å². The van der Waals surface area contributed by atoms with Crippen LogP contribution in [0.1, 0.15) is 43.0 Å². The molecule has 0 spiro atoms. The van der Waals surface area contributed by atoms with Crippen molar-refractivity contribution in [2.75, 3.05) is 5.32 Å². The number of hydrogen-bond donors (Lipinski definition) is 2. The minimum atomic E-state index is -1.03. The van der Waals surface area contributed by atoms with Gasteiger partial charge in [0.15, 0.2) is 0 Å². The average molecular weight is 251 g/mol. The largest absolute Gasteiger partial charge is 0.478 e. The topological polar surface area (TPSA) is 49.3 Å². The van der Waals surface area contributed by atoms with Gasteiger partial charge in [0.25, 0.3) is 0 Å². The Morgan fingerprint density at radius 3 is 2.94 bits per heavy atom. The molecule has 1 aliphatic carbocycles. The summed E-state index contributed by atoms with van der Waals surface area (Å²) < 4.78 is 13.7. The van der Waals surface area contributed by atoms with E-state index in [-0.39, 0.29) is 17.4 Å². The number of anilines is 1. The molecule has 2 rings (SSSR count). The molecule has 98 valence electrons. The molecule has 0 radical (unpaired) electrons. The van der Waals surface area contributed by atoms with Crippen molar-refractivity contribution in [2.24, 2.45) is 5.92 Å². The summed E-state index contributed by atoms with van der Waals surface area (Å²) in [7, 11) is 0. The first kappa shape index (κ1) is 12.9. The van der Waals surface area contributed by atoms with E-state index < -0.39 is 5.97 Å². The zero-order chi connectivity index (χ0) is 13.1. The van der Waals surface area contributed by atoms with Crippen LogP contribution in [-0.4, -0.2) is 17.1 Å². The molecule has 0 amide bonds. The van der Waals surface area contributed by atoms with Gasteiger partial charge in [-0.1, -0.05) is 19.8 Å². The highest BCUT2D eigenvalue weighted by Gasteiger charge is 2.26. The van der Waals surface area contributed by atoms with E-state index in [1.54, 1.807) is 0 Å². The Kier molecular flexibility index (Phi) is 3.84. The van der Waals surface area contributed by atoms with E-state index >= 15 is 0 Å². The van der Waals surface area contributed by atoms with E-state index in [1.807, 2.05) is 0 Å². The Hall–Kier alpha value is -1.58. The summed E-state index contributed by atoms with van der Waals surface area (Å²) >= 11 is 0. The van der Waals surface area contributed by atoms with E-state index in [4.69, 9.17) is 5.11 Å². The maximum atomic E-state index is 13.7. The molecule has 2 N–H and O–H groups in total. The summed E-state index contributed by atoms with van der Waals surface area (Å²) in [5, 5.41) is 12.1. The van der Waals surface area contributed by atoms with Crippen LogP contribution in [0.2, 0.25) is 0 Å². The highest BCUT2D eigenvalue weighted by molar-refractivity contribution is 5.88. The fraction of sp³-hybridized carbons (Fsp3) is 0.500. The summed E-state index contributed by atoms with van der Waals surface area (Å²) in [6.07, 6.45) is 4.40. The van der Waals surface area contributed by atoms with Crippen LogP contribution in [0.3, 0.4) is 0 Å². The Balaban J connectivity index is 2.17. The summed E-state index contributed by atoms with van der Waals surface area (Å²) in [6.45, 7) is 2.13. The molecule has 4 heteroatoms. The van der Waals surface area contributed by atoms with Crippen molar-refractivity contribution < 1.29 is 14.3 Å². The molecule has 2 unspecified atom stereocenters. The molecule has 0 aliphatic heterocycles. The van der Waals surface area contributed by atoms with Crippen molar-refractivity contribution in [2.45, 2.75) is 38.6 Å². The predicted octanol–water partition coefficient (Wildman–Crippen LogP) is 3.51. The van der Waals surface area contributed by atoms with Crippen LogP contribution in [0.15, 0.2) is 18.2 Å². The minimum absolute atomic E-state index is 0.116. The molecule has 1 saturated carbocycles. The molecule has 0 saturated heterocycles. The fourth-order valence-electron chi connectivity index (χ4n) is 2.68. The quantitative estimate of drug-likeness (QED) is 0.860. The van der Waals surface area contributed by atoms with E-state index in [0.717, 1.165) is 25.7 Å². The number of benzene rings is 1. The molecule has 3 nitrogen and oxygen atoms in total. The van der Waals surface area contributed by atoms with Gasteiger partial charge in [-0.15, -0.1) is 0 Å². The zero-order valence-electron chi connectivity index (χ0n) is 10.4. The second-order valence-corrected chi connectivity index (χ2v) is 4.85. The Morgan fingerprint density at radius 1 is 1.50 bits per heavy atom. The lowest BCUT2D eigenvalue weighted by molar-refractivity contribution is 0.0697. The highest BCUT2D eigenvalue weighted by Crippen LogP contribution is 2.31. The standard InChI is InChI=1S/C14H18FNO2/c1-2-9-4-3-5-12(9)16-13-8-10(14(17)18)6-7-11(13)15/h6-9,12,16H,2-5H2,1H3,(H,17,18). The molecule has 1 aliphatic rings. The van der Waals surface area contributed by atoms with Gasteiger partial charge in [0.05, 0.1) is 11.3 Å². The van der Waals surface area contributed by atoms with Crippen molar-refractivity contribution in [1.82, 2.24) is 0 Å². The number of hydrogen-bond acceptors (Lipinski definition) is 2. The molecule has 1 fully saturated rings. The maximum Gasteiger partial charge on any atom is 0.335 e. The second-order valence-electron chi connectivity index (χ2n) is 4.85. The monoisotopic (exact) mass is 251 g/mol. The summed E-state index contributed by atoms with van der Waals surface area (Å²) in [4.78, 5) is 10.9. The first-order valence-corrected chi connectivity index (χ1v) is 6.41. The first-order valence-electron chi connectivity index (χ1n) is 6.41. The maximum absolute atomic E-state index is 13.7. The molecule has 1 aromatic carbocycles. The summed E-state index contributed by atoms with van der Waals surface area (Å²) in [5.41, 5.74) is 0.421. The van der Waals surface area contributed by atoms with Crippen molar-refractivity contribution in [3.05, 3.63) is 29.6 Å². The van der Waals surface area contributed by atoms with Crippen molar-refractivity contribution in [3.63, 3.8) is 0 Å². The number of nitrogens with one attached hydrogen (secondary N) is 1. The van der Waals surface area contributed by atoms with Gasteiger partial charge in [0.1, 0.15) is 5.82 Å². The SMILES string of the molecule is CCC1CCCC1Nc1cc(C(=O)O)ccc1F. The molecular formula is C14H18FNO2. The Morgan fingerprint density at radius 2 is 2.28 bits per heavy atom. The Labute approximate surface area is 106 Å². The van der Waals surface area contributed by atoms with E-state index in [2.05, 4.69) is 12.2 Å². The molecule has 0 heterocycles. The van der Waals surface area contributed by atoms with Crippen molar-refractivity contribution in [1.29, 1.82) is 0 Å². The van der Waals surface area contributed by atoms with E-state index in [9.17, 15) is 9.18 Å². The summed E-state index contributed by atoms with van der Waals surface area (Å²) in [5.74, 6) is -0.865. The van der Waals surface area contributed by atoms with Crippen molar-refractivity contribution in [3.8, 4) is 0 Å². The predicted molar refractivity (Wildman–Crippen MR) is 68.4 cm³/mol. The lowest BCUT2D eigenvalue weighted by Crippen LogP contribution is -2.24. The first-order chi connectivity index (χ1) is 8.61. The van der Waals surface area contributed by atoms with Gasteiger partial charge in [-0.25, -0.2) is 9.18 Å². The molecule has 0 aromatic heterocycles. The molecule has 1 aromatic rings. The van der Waals surface area contributed by atoms with Crippen LogP contribution in [0, 0.1) is 11.7 Å². The number of rotatable bonds is 4. The number of carboxylic acids is 1. The normalized spacial score (nSPS) is 23.0. The third-order valence-electron chi connectivity index (χ3n) is 3.74. The fourth-order valence-corrected chi connectivity index (χ4v) is 2.68. The van der Waals surface area contributed by atoms with Gasteiger partial charge in [-0.05, 0) is 37.0 Å². The van der Waals surface area contributed by atoms with Crippen LogP contribution in [0.5, 0.6) is 0 Å². The van der Waals surface area contributed by atoms with Crippen LogP contribution < -0.4 is 5.32 Å². The minimum Gasteiger partial charge on any atom is -0.478 e. The third kappa shape index (κ3) is 2.63. The number of halogens is 1. The third-order valence-corrected chi connectivity index (χ3v) is 3.74. The zero-order valence-corrected chi connectivity index (χ0v) is 10.4. The average Bonchev–Trinajstić information content (AvgIpc) is 2.79. The molecule has 18 heavy (non-hydrogen) atoms. The van der Waals surface area contributed by atoms with Crippen LogP contribution in [-0.2, 0) is 0 Å². The Bertz CT molecular complexity index is 447. The lowest BCUT2D eigenvalue weighted by atomic mass is 10.0. The van der Waals surface area contributed by atoms with Gasteiger partial charge in [0.2, 0.25) is 0 Å². The number of aromatic carboxylic acids is 1. The lowest BCUT2D eigenvalue weighted by Gasteiger charge is -2.21. The van der Waals surface area contributed by atoms with Crippen LogP contribution in [0.4, 0.5) is 10.1 Å². The van der Waals surface area contributed by atoms with Gasteiger partial charge < -0.3 is 10.4 Å². The second kappa shape index (κ2) is 5.38. The van der Waals surface area contributed by atoms with Crippen LogP contribution >= 0.6 is 0 Å². The smallest absolute Gasteiger partial charge is 0.335 e. The molecule has 2 atom stereocenters. The van der Waals surface area contributed by atoms with Gasteiger partial charge in [-0.2, -0.15) is 0 Å². The van der Waals surface area contributed by atoms with E-state index in [1.165, 1.54) is 18.2 Å². The summed E-state index contributed by atoms with van der Waals surface area (Å²) in [6, 6.07) is 4.13. The van der Waals surface area contributed by atoms with Gasteiger partial charge >= 0.3 is 5.97 Å². The number of carboxylic acid groups (broad SMARTS) is 1. The number of carbonyl (C=O) groups is 1. The highest BCUT2D eigenvalue weighted by atomic mass is 19.1. The van der Waals surface area contributed by atoms with E-state index in [0.29, 0.717) is 11.6 Å². The molecule has 0 bridgehead atoms. The molecular weight excluding hydrogens is 233 g/mol.